The summed E-state index contributed by atoms with van der Waals surface area (Å²) in [5, 5.41) is 0. The highest BCUT2D eigenvalue weighted by atomic mass is 79.9. The molecule has 2 nitrogen and oxygen atoms in total. The molecule has 0 aliphatic rings. The van der Waals surface area contributed by atoms with Crippen molar-refractivity contribution in [2.24, 2.45) is 0 Å². The molecule has 0 bridgehead atoms. The summed E-state index contributed by atoms with van der Waals surface area (Å²) >= 11 is 5.40. The van der Waals surface area contributed by atoms with Crippen LogP contribution in [0.15, 0.2) is 27.6 Å². The highest BCUT2D eigenvalue weighted by Crippen LogP contribution is 2.38. The Morgan fingerprint density at radius 1 is 1.25 bits per heavy atom. The van der Waals surface area contributed by atoms with Gasteiger partial charge >= 0.3 is 6.18 Å². The topological polar surface area (TPSA) is 34.1 Å². The normalized spacial score (nSPS) is 12.8. The van der Waals surface area contributed by atoms with Gasteiger partial charge in [-0.25, -0.2) is 8.42 Å². The summed E-state index contributed by atoms with van der Waals surface area (Å²) in [6.07, 6.45) is -4.59. The molecule has 0 saturated heterocycles. The van der Waals surface area contributed by atoms with Gasteiger partial charge in [0, 0.05) is 4.47 Å². The Hall–Kier alpha value is -0.0800. The molecule has 0 aliphatic heterocycles. The third-order valence-corrected chi connectivity index (χ3v) is 5.97. The maximum Gasteiger partial charge on any atom is 0.417 e. The molecule has 0 unspecified atom stereocenters. The van der Waals surface area contributed by atoms with Gasteiger partial charge in [0.1, 0.15) is 4.66 Å². The van der Waals surface area contributed by atoms with E-state index in [1.807, 2.05) is 0 Å². The van der Waals surface area contributed by atoms with Gasteiger partial charge in [0.05, 0.1) is 10.5 Å². The highest BCUT2D eigenvalue weighted by Gasteiger charge is 2.35. The van der Waals surface area contributed by atoms with Gasteiger partial charge in [0.2, 0.25) is 0 Å². The van der Waals surface area contributed by atoms with E-state index in [9.17, 15) is 21.6 Å². The Labute approximate surface area is 107 Å². The van der Waals surface area contributed by atoms with E-state index < -0.39 is 30.7 Å². The molecular formula is C8H5Br2F3O2S. The summed E-state index contributed by atoms with van der Waals surface area (Å²) in [5.74, 6) is 0. The molecule has 1 aromatic rings. The first-order valence-corrected chi connectivity index (χ1v) is 7.41. The standard InChI is InChI=1S/C8H5Br2F3O2S/c9-4-16(14,15)6-3-1-2-5(7(6)10)8(11,12)13/h1-3H,4H2. The minimum atomic E-state index is -4.59. The van der Waals surface area contributed by atoms with E-state index in [4.69, 9.17) is 0 Å². The smallest absolute Gasteiger partial charge is 0.223 e. The SMILES string of the molecule is O=S(=O)(CBr)c1cccc(C(F)(F)F)c1Br. The van der Waals surface area contributed by atoms with Crippen LogP contribution in [-0.2, 0) is 16.0 Å². The molecule has 0 saturated carbocycles. The van der Waals surface area contributed by atoms with Crippen LogP contribution in [0.5, 0.6) is 0 Å². The Morgan fingerprint density at radius 3 is 2.25 bits per heavy atom. The van der Waals surface area contributed by atoms with Gasteiger partial charge in [0.15, 0.2) is 9.84 Å². The molecule has 0 heterocycles. The average molecular weight is 382 g/mol. The third-order valence-electron chi connectivity index (χ3n) is 1.75. The summed E-state index contributed by atoms with van der Waals surface area (Å²) in [6, 6.07) is 3.00. The van der Waals surface area contributed by atoms with Crippen LogP contribution >= 0.6 is 31.9 Å². The van der Waals surface area contributed by atoms with E-state index in [1.165, 1.54) is 0 Å². The highest BCUT2D eigenvalue weighted by molar-refractivity contribution is 9.11. The van der Waals surface area contributed by atoms with Crippen molar-refractivity contribution < 1.29 is 21.6 Å². The Balaban J connectivity index is 3.48. The molecule has 0 fully saturated rings. The van der Waals surface area contributed by atoms with E-state index in [0.717, 1.165) is 18.2 Å². The molecule has 0 N–H and O–H groups in total. The van der Waals surface area contributed by atoms with Crippen LogP contribution in [0.2, 0.25) is 0 Å². The van der Waals surface area contributed by atoms with Crippen molar-refractivity contribution in [3.63, 3.8) is 0 Å². The number of rotatable bonds is 2. The number of hydrogen-bond donors (Lipinski definition) is 0. The Bertz CT molecular complexity index is 496. The van der Waals surface area contributed by atoms with Crippen LogP contribution < -0.4 is 0 Å². The molecular weight excluding hydrogens is 377 g/mol. The van der Waals surface area contributed by atoms with E-state index >= 15 is 0 Å². The minimum Gasteiger partial charge on any atom is -0.223 e. The lowest BCUT2D eigenvalue weighted by atomic mass is 10.2. The van der Waals surface area contributed by atoms with Gasteiger partial charge in [-0.15, -0.1) is 0 Å². The van der Waals surface area contributed by atoms with Crippen molar-refractivity contribution in [3.8, 4) is 0 Å². The maximum atomic E-state index is 12.5. The number of hydrogen-bond acceptors (Lipinski definition) is 2. The van der Waals surface area contributed by atoms with Gasteiger partial charge in [-0.05, 0) is 28.1 Å². The van der Waals surface area contributed by atoms with Gasteiger partial charge in [0.25, 0.3) is 0 Å². The molecule has 0 aromatic heterocycles. The third kappa shape index (κ3) is 2.78. The predicted molar refractivity (Wildman–Crippen MR) is 60.1 cm³/mol. The van der Waals surface area contributed by atoms with Gasteiger partial charge in [-0.2, -0.15) is 13.2 Å². The van der Waals surface area contributed by atoms with Crippen molar-refractivity contribution in [1.82, 2.24) is 0 Å². The molecule has 0 spiro atoms. The number of alkyl halides is 4. The predicted octanol–water partition coefficient (Wildman–Crippen LogP) is 3.59. The van der Waals surface area contributed by atoms with Crippen molar-refractivity contribution in [2.75, 3.05) is 4.66 Å². The monoisotopic (exact) mass is 380 g/mol. The van der Waals surface area contributed by atoms with Crippen LogP contribution in [0, 0.1) is 0 Å². The molecule has 16 heavy (non-hydrogen) atoms. The van der Waals surface area contributed by atoms with E-state index in [-0.39, 0.29) is 4.90 Å². The molecule has 0 aliphatic carbocycles. The lowest BCUT2D eigenvalue weighted by molar-refractivity contribution is -0.138. The second-order valence-electron chi connectivity index (χ2n) is 2.84. The van der Waals surface area contributed by atoms with Gasteiger partial charge < -0.3 is 0 Å². The zero-order valence-electron chi connectivity index (χ0n) is 7.55. The largest absolute Gasteiger partial charge is 0.417 e. The Morgan fingerprint density at radius 2 is 1.81 bits per heavy atom. The fourth-order valence-electron chi connectivity index (χ4n) is 1.03. The fraction of sp³-hybridized carbons (Fsp3) is 0.250. The summed E-state index contributed by atoms with van der Waals surface area (Å²) in [4.78, 5) is -0.376. The first-order chi connectivity index (χ1) is 7.20. The molecule has 8 heteroatoms. The second kappa shape index (κ2) is 4.66. The second-order valence-corrected chi connectivity index (χ2v) is 6.89. The molecule has 1 aromatic carbocycles. The zero-order chi connectivity index (χ0) is 12.6. The Kier molecular flexibility index (Phi) is 4.07. The lowest BCUT2D eigenvalue weighted by Crippen LogP contribution is -2.10. The van der Waals surface area contributed by atoms with Crippen molar-refractivity contribution >= 4 is 41.7 Å². The number of halogens is 5. The quantitative estimate of drug-likeness (QED) is 0.733. The van der Waals surface area contributed by atoms with Crippen molar-refractivity contribution in [1.29, 1.82) is 0 Å². The first kappa shape index (κ1) is 14.0. The number of sulfone groups is 1. The van der Waals surface area contributed by atoms with E-state index in [2.05, 4.69) is 31.9 Å². The summed E-state index contributed by atoms with van der Waals surface area (Å²) < 4.78 is 59.5. The van der Waals surface area contributed by atoms with Gasteiger partial charge in [-0.1, -0.05) is 22.0 Å². The molecule has 0 radical (unpaired) electrons. The van der Waals surface area contributed by atoms with E-state index in [1.54, 1.807) is 0 Å². The lowest BCUT2D eigenvalue weighted by Gasteiger charge is -2.11. The zero-order valence-corrected chi connectivity index (χ0v) is 11.5. The average Bonchev–Trinajstić information content (AvgIpc) is 2.16. The van der Waals surface area contributed by atoms with Crippen molar-refractivity contribution in [2.45, 2.75) is 11.1 Å². The van der Waals surface area contributed by atoms with Crippen LogP contribution in [0.25, 0.3) is 0 Å². The van der Waals surface area contributed by atoms with Crippen molar-refractivity contribution in [3.05, 3.63) is 28.2 Å². The summed E-state index contributed by atoms with van der Waals surface area (Å²) in [6.45, 7) is 0. The maximum absolute atomic E-state index is 12.5. The molecule has 90 valence electrons. The fourth-order valence-corrected chi connectivity index (χ4v) is 3.78. The summed E-state index contributed by atoms with van der Waals surface area (Å²) in [5.41, 5.74) is -1.01. The molecule has 0 amide bonds. The van der Waals surface area contributed by atoms with Crippen LogP contribution in [-0.4, -0.2) is 13.1 Å². The van der Waals surface area contributed by atoms with E-state index in [0.29, 0.717) is 0 Å². The minimum absolute atomic E-state index is 0.376. The van der Waals surface area contributed by atoms with Crippen LogP contribution in [0.4, 0.5) is 13.2 Å². The van der Waals surface area contributed by atoms with Gasteiger partial charge in [-0.3, -0.25) is 0 Å². The van der Waals surface area contributed by atoms with Crippen LogP contribution in [0.1, 0.15) is 5.56 Å². The molecule has 0 atom stereocenters. The molecule has 1 rings (SSSR count). The summed E-state index contributed by atoms with van der Waals surface area (Å²) in [7, 11) is -3.74. The number of benzene rings is 1. The van der Waals surface area contributed by atoms with Crippen LogP contribution in [0.3, 0.4) is 0 Å². The first-order valence-electron chi connectivity index (χ1n) is 3.84.